The van der Waals surface area contributed by atoms with Gasteiger partial charge in [-0.05, 0) is 54.5 Å². The lowest BCUT2D eigenvalue weighted by Gasteiger charge is -2.19. The molecule has 2 aromatic rings. The fraction of sp³-hybridized carbons (Fsp3) is 0.375. The van der Waals surface area contributed by atoms with Gasteiger partial charge in [0.15, 0.2) is 0 Å². The fourth-order valence-electron chi connectivity index (χ4n) is 4.11. The van der Waals surface area contributed by atoms with Crippen LogP contribution < -0.4 is 15.5 Å². The zero-order valence-corrected chi connectivity index (χ0v) is 17.1. The lowest BCUT2D eigenvalue weighted by Crippen LogP contribution is -2.39. The van der Waals surface area contributed by atoms with Gasteiger partial charge in [0.25, 0.3) is 5.91 Å². The summed E-state index contributed by atoms with van der Waals surface area (Å²) in [5.41, 5.74) is 2.36. The van der Waals surface area contributed by atoms with E-state index >= 15 is 0 Å². The Hall–Kier alpha value is -3.15. The van der Waals surface area contributed by atoms with Gasteiger partial charge in [-0.25, -0.2) is 0 Å². The molecule has 156 valence electrons. The van der Waals surface area contributed by atoms with Crippen LogP contribution in [0.25, 0.3) is 0 Å². The number of hydrogen-bond acceptors (Lipinski definition) is 3. The SMILES string of the molecule is CC1CC1C(NC(=O)CNC(=O)c1ccc(N2CCCC2=O)cc1)c1ccccc1. The van der Waals surface area contributed by atoms with E-state index < -0.39 is 0 Å². The highest BCUT2D eigenvalue weighted by molar-refractivity contribution is 5.98. The average Bonchev–Trinajstić information content (AvgIpc) is 3.33. The van der Waals surface area contributed by atoms with Crippen LogP contribution in [0.4, 0.5) is 5.69 Å². The van der Waals surface area contributed by atoms with E-state index in [-0.39, 0.29) is 30.3 Å². The van der Waals surface area contributed by atoms with Crippen molar-refractivity contribution in [3.63, 3.8) is 0 Å². The molecule has 2 aliphatic rings. The van der Waals surface area contributed by atoms with E-state index in [1.54, 1.807) is 29.2 Å². The first kappa shape index (κ1) is 20.1. The number of carbonyl (C=O) groups is 3. The van der Waals surface area contributed by atoms with Gasteiger partial charge in [0.1, 0.15) is 0 Å². The van der Waals surface area contributed by atoms with Gasteiger partial charge in [0.05, 0.1) is 12.6 Å². The summed E-state index contributed by atoms with van der Waals surface area (Å²) in [6.07, 6.45) is 2.53. The third kappa shape index (κ3) is 4.53. The highest BCUT2D eigenvalue weighted by Gasteiger charge is 2.40. The summed E-state index contributed by atoms with van der Waals surface area (Å²) in [6.45, 7) is 2.83. The van der Waals surface area contributed by atoms with Crippen LogP contribution in [0.1, 0.15) is 48.1 Å². The maximum atomic E-state index is 12.5. The number of benzene rings is 2. The number of rotatable bonds is 7. The van der Waals surface area contributed by atoms with Crippen molar-refractivity contribution in [1.29, 1.82) is 0 Å². The maximum Gasteiger partial charge on any atom is 0.251 e. The van der Waals surface area contributed by atoms with Crippen LogP contribution in [-0.4, -0.2) is 30.8 Å². The minimum atomic E-state index is -0.305. The largest absolute Gasteiger partial charge is 0.347 e. The Balaban J connectivity index is 1.32. The van der Waals surface area contributed by atoms with Gasteiger partial charge >= 0.3 is 0 Å². The molecule has 1 heterocycles. The molecule has 3 amide bonds. The Bertz CT molecular complexity index is 926. The Kier molecular flexibility index (Phi) is 5.84. The molecule has 1 saturated carbocycles. The number of nitrogens with zero attached hydrogens (tertiary/aromatic N) is 1. The molecule has 1 saturated heterocycles. The molecule has 2 fully saturated rings. The van der Waals surface area contributed by atoms with Gasteiger partial charge in [0.2, 0.25) is 11.8 Å². The van der Waals surface area contributed by atoms with Crippen LogP contribution in [0.15, 0.2) is 54.6 Å². The Morgan fingerprint density at radius 2 is 1.80 bits per heavy atom. The topological polar surface area (TPSA) is 78.5 Å². The van der Waals surface area contributed by atoms with Gasteiger partial charge in [-0.15, -0.1) is 0 Å². The lowest BCUT2D eigenvalue weighted by molar-refractivity contribution is -0.121. The normalized spacial score (nSPS) is 21.2. The summed E-state index contributed by atoms with van der Waals surface area (Å²) >= 11 is 0. The molecule has 6 nitrogen and oxygen atoms in total. The molecule has 4 rings (SSSR count). The van der Waals surface area contributed by atoms with Crippen molar-refractivity contribution in [2.45, 2.75) is 32.2 Å². The van der Waals surface area contributed by atoms with E-state index in [0.29, 0.717) is 30.4 Å². The van der Waals surface area contributed by atoms with Gasteiger partial charge < -0.3 is 15.5 Å². The molecule has 30 heavy (non-hydrogen) atoms. The summed E-state index contributed by atoms with van der Waals surface area (Å²) in [6, 6.07) is 16.9. The molecule has 3 unspecified atom stereocenters. The minimum Gasteiger partial charge on any atom is -0.347 e. The molecular formula is C24H27N3O3. The smallest absolute Gasteiger partial charge is 0.251 e. The number of hydrogen-bond donors (Lipinski definition) is 2. The maximum absolute atomic E-state index is 12.5. The molecule has 2 N–H and O–H groups in total. The van der Waals surface area contributed by atoms with Crippen molar-refractivity contribution in [1.82, 2.24) is 10.6 Å². The Labute approximate surface area is 176 Å². The molecule has 0 radical (unpaired) electrons. The summed E-state index contributed by atoms with van der Waals surface area (Å²) in [5, 5.41) is 5.78. The summed E-state index contributed by atoms with van der Waals surface area (Å²) in [7, 11) is 0. The minimum absolute atomic E-state index is 0.0251. The second-order valence-corrected chi connectivity index (χ2v) is 8.21. The van der Waals surface area contributed by atoms with Gasteiger partial charge in [0, 0.05) is 24.2 Å². The van der Waals surface area contributed by atoms with E-state index in [0.717, 1.165) is 24.1 Å². The van der Waals surface area contributed by atoms with E-state index in [4.69, 9.17) is 0 Å². The monoisotopic (exact) mass is 405 g/mol. The molecule has 3 atom stereocenters. The zero-order chi connectivity index (χ0) is 21.1. The predicted octanol–water partition coefficient (Wildman–Crippen LogP) is 3.06. The van der Waals surface area contributed by atoms with Crippen LogP contribution in [-0.2, 0) is 9.59 Å². The molecule has 1 aliphatic heterocycles. The van der Waals surface area contributed by atoms with Gasteiger partial charge in [-0.2, -0.15) is 0 Å². The van der Waals surface area contributed by atoms with Crippen molar-refractivity contribution in [3.8, 4) is 0 Å². The number of amides is 3. The van der Waals surface area contributed by atoms with Gasteiger partial charge in [-0.3, -0.25) is 14.4 Å². The standard InChI is InChI=1S/C24H27N3O3/c1-16-14-20(16)23(17-6-3-2-4-7-17)26-21(28)15-25-24(30)18-9-11-19(12-10-18)27-13-5-8-22(27)29/h2-4,6-7,9-12,16,20,23H,5,8,13-15H2,1H3,(H,25,30)(H,26,28). The zero-order valence-electron chi connectivity index (χ0n) is 17.1. The van der Waals surface area contributed by atoms with Crippen LogP contribution in [0.2, 0.25) is 0 Å². The van der Waals surface area contributed by atoms with Crippen molar-refractivity contribution in [2.75, 3.05) is 18.0 Å². The van der Waals surface area contributed by atoms with Crippen molar-refractivity contribution >= 4 is 23.4 Å². The third-order valence-electron chi connectivity index (χ3n) is 6.00. The first-order valence-electron chi connectivity index (χ1n) is 10.6. The lowest BCUT2D eigenvalue weighted by atomic mass is 10.0. The predicted molar refractivity (Wildman–Crippen MR) is 115 cm³/mol. The molecule has 0 spiro atoms. The highest BCUT2D eigenvalue weighted by Crippen LogP contribution is 2.46. The van der Waals surface area contributed by atoms with Gasteiger partial charge in [-0.1, -0.05) is 37.3 Å². The second kappa shape index (κ2) is 8.69. The molecular weight excluding hydrogens is 378 g/mol. The van der Waals surface area contributed by atoms with E-state index in [2.05, 4.69) is 17.6 Å². The summed E-state index contributed by atoms with van der Waals surface area (Å²) < 4.78 is 0. The van der Waals surface area contributed by atoms with Crippen molar-refractivity contribution < 1.29 is 14.4 Å². The van der Waals surface area contributed by atoms with Crippen LogP contribution in [0, 0.1) is 11.8 Å². The average molecular weight is 405 g/mol. The first-order valence-corrected chi connectivity index (χ1v) is 10.6. The molecule has 1 aliphatic carbocycles. The number of carbonyl (C=O) groups excluding carboxylic acids is 3. The van der Waals surface area contributed by atoms with E-state index in [9.17, 15) is 14.4 Å². The third-order valence-corrected chi connectivity index (χ3v) is 6.00. The van der Waals surface area contributed by atoms with Crippen LogP contribution >= 0.6 is 0 Å². The summed E-state index contributed by atoms with van der Waals surface area (Å²) in [5.74, 6) is 0.636. The number of nitrogens with one attached hydrogen (secondary N) is 2. The first-order chi connectivity index (χ1) is 14.5. The second-order valence-electron chi connectivity index (χ2n) is 8.21. The number of anilines is 1. The van der Waals surface area contributed by atoms with E-state index in [1.807, 2.05) is 30.3 Å². The van der Waals surface area contributed by atoms with E-state index in [1.165, 1.54) is 0 Å². The van der Waals surface area contributed by atoms with Crippen LogP contribution in [0.3, 0.4) is 0 Å². The molecule has 0 aromatic heterocycles. The Morgan fingerprint density at radius 3 is 2.40 bits per heavy atom. The fourth-order valence-corrected chi connectivity index (χ4v) is 4.11. The molecule has 0 bridgehead atoms. The van der Waals surface area contributed by atoms with Crippen molar-refractivity contribution in [2.24, 2.45) is 11.8 Å². The quantitative estimate of drug-likeness (QED) is 0.743. The Morgan fingerprint density at radius 1 is 1.10 bits per heavy atom. The van der Waals surface area contributed by atoms with Crippen molar-refractivity contribution in [3.05, 3.63) is 65.7 Å². The highest BCUT2D eigenvalue weighted by atomic mass is 16.2. The molecule has 2 aromatic carbocycles. The van der Waals surface area contributed by atoms with Crippen LogP contribution in [0.5, 0.6) is 0 Å². The molecule has 6 heteroatoms. The summed E-state index contributed by atoms with van der Waals surface area (Å²) in [4.78, 5) is 38.5.